The first-order valence-corrected chi connectivity index (χ1v) is 6.55. The fourth-order valence-corrected chi connectivity index (χ4v) is 2.07. The lowest BCUT2D eigenvalue weighted by atomic mass is 9.87. The van der Waals surface area contributed by atoms with Crippen LogP contribution in [0.3, 0.4) is 0 Å². The van der Waals surface area contributed by atoms with Crippen molar-refractivity contribution in [2.24, 2.45) is 4.40 Å². The fourth-order valence-electron chi connectivity index (χ4n) is 1.48. The van der Waals surface area contributed by atoms with Crippen molar-refractivity contribution in [3.05, 3.63) is 35.4 Å². The van der Waals surface area contributed by atoms with Crippen molar-refractivity contribution in [1.29, 1.82) is 0 Å². The van der Waals surface area contributed by atoms with Gasteiger partial charge in [-0.1, -0.05) is 45.0 Å². The lowest BCUT2D eigenvalue weighted by Crippen LogP contribution is -2.18. The zero-order valence-corrected chi connectivity index (χ0v) is 10.7. The van der Waals surface area contributed by atoms with E-state index in [1.165, 1.54) is 5.56 Å². The maximum absolute atomic E-state index is 11.0. The number of amidine groups is 1. The van der Waals surface area contributed by atoms with E-state index in [4.69, 9.17) is 0 Å². The first-order valence-electron chi connectivity index (χ1n) is 5.18. The van der Waals surface area contributed by atoms with E-state index in [1.807, 2.05) is 24.3 Å². The minimum absolute atomic E-state index is 0.0615. The number of hydrogen-bond acceptors (Lipinski definition) is 4. The zero-order chi connectivity index (χ0) is 12.7. The van der Waals surface area contributed by atoms with E-state index in [1.54, 1.807) is 0 Å². The number of hydroxylamine groups is 1. The highest BCUT2D eigenvalue weighted by molar-refractivity contribution is 7.85. The quantitative estimate of drug-likeness (QED) is 0.825. The summed E-state index contributed by atoms with van der Waals surface area (Å²) in [6.07, 6.45) is 0. The fraction of sp³-hybridized carbons (Fsp3) is 0.364. The van der Waals surface area contributed by atoms with E-state index >= 15 is 0 Å². The first-order chi connectivity index (χ1) is 7.78. The van der Waals surface area contributed by atoms with Crippen molar-refractivity contribution in [1.82, 2.24) is 5.48 Å². The molecular formula is C11H14N2O3S. The van der Waals surface area contributed by atoms with Crippen LogP contribution in [0.5, 0.6) is 0 Å². The molecule has 1 aliphatic heterocycles. The largest absolute Gasteiger partial charge is 0.403 e. The summed E-state index contributed by atoms with van der Waals surface area (Å²) in [6, 6.07) is 7.53. The topological polar surface area (TPSA) is 67.8 Å². The average Bonchev–Trinajstić information content (AvgIpc) is 2.58. The third kappa shape index (κ3) is 2.65. The normalized spacial score (nSPS) is 18.6. The second kappa shape index (κ2) is 3.82. The van der Waals surface area contributed by atoms with Crippen LogP contribution in [0.25, 0.3) is 0 Å². The maximum atomic E-state index is 11.0. The van der Waals surface area contributed by atoms with Gasteiger partial charge in [-0.2, -0.15) is 8.42 Å². The molecule has 0 spiro atoms. The van der Waals surface area contributed by atoms with E-state index in [0.717, 1.165) is 0 Å². The Bertz CT molecular complexity index is 553. The molecule has 1 aromatic rings. The molecule has 92 valence electrons. The van der Waals surface area contributed by atoms with Gasteiger partial charge in [0.05, 0.1) is 0 Å². The summed E-state index contributed by atoms with van der Waals surface area (Å²) in [5.74, 6) is 0.213. The minimum atomic E-state index is -3.81. The Morgan fingerprint density at radius 2 is 1.76 bits per heavy atom. The zero-order valence-electron chi connectivity index (χ0n) is 9.89. The molecule has 0 radical (unpaired) electrons. The van der Waals surface area contributed by atoms with Crippen molar-refractivity contribution in [2.75, 3.05) is 0 Å². The van der Waals surface area contributed by atoms with Crippen LogP contribution >= 0.6 is 0 Å². The second-order valence-electron chi connectivity index (χ2n) is 4.88. The molecule has 0 unspecified atom stereocenters. The molecule has 0 bridgehead atoms. The van der Waals surface area contributed by atoms with Crippen molar-refractivity contribution < 1.29 is 12.7 Å². The summed E-state index contributed by atoms with van der Waals surface area (Å²) >= 11 is 0. The summed E-state index contributed by atoms with van der Waals surface area (Å²) in [4.78, 5) is 0. The van der Waals surface area contributed by atoms with Crippen molar-refractivity contribution in [2.45, 2.75) is 26.2 Å². The lowest BCUT2D eigenvalue weighted by molar-refractivity contribution is 0.282. The maximum Gasteiger partial charge on any atom is 0.403 e. The van der Waals surface area contributed by atoms with Gasteiger partial charge < -0.3 is 0 Å². The summed E-state index contributed by atoms with van der Waals surface area (Å²) < 4.78 is 29.7. The monoisotopic (exact) mass is 254 g/mol. The van der Waals surface area contributed by atoms with Crippen LogP contribution in [0, 0.1) is 0 Å². The molecule has 1 aromatic carbocycles. The van der Waals surface area contributed by atoms with Gasteiger partial charge in [-0.15, -0.1) is 8.68 Å². The molecule has 17 heavy (non-hydrogen) atoms. The molecule has 0 saturated carbocycles. The highest BCUT2D eigenvalue weighted by atomic mass is 32.2. The van der Waals surface area contributed by atoms with Crippen molar-refractivity contribution >= 4 is 16.1 Å². The number of rotatable bonds is 1. The molecule has 5 nitrogen and oxygen atoms in total. The third-order valence-corrected chi connectivity index (χ3v) is 3.17. The number of benzene rings is 1. The Morgan fingerprint density at radius 1 is 1.18 bits per heavy atom. The standard InChI is InChI=1S/C11H14N2O3S/c1-11(2,3)9-6-4-8(5-7-9)10-12-16-17(14,15)13-10/h4-7H,1-3H3,(H,12,13). The molecule has 1 N–H and O–H groups in total. The van der Waals surface area contributed by atoms with Crippen molar-refractivity contribution in [3.63, 3.8) is 0 Å². The van der Waals surface area contributed by atoms with Crippen LogP contribution in [0.2, 0.25) is 0 Å². The molecule has 6 heteroatoms. The summed E-state index contributed by atoms with van der Waals surface area (Å²) in [5.41, 5.74) is 4.19. The van der Waals surface area contributed by atoms with E-state index < -0.39 is 10.3 Å². The number of nitrogens with one attached hydrogen (secondary N) is 1. The van der Waals surface area contributed by atoms with Gasteiger partial charge >= 0.3 is 10.3 Å². The Hall–Kier alpha value is -1.40. The molecule has 1 heterocycles. The Kier molecular flexibility index (Phi) is 2.71. The molecule has 0 atom stereocenters. The van der Waals surface area contributed by atoms with Gasteiger partial charge in [-0.05, 0) is 11.0 Å². The molecule has 0 aliphatic carbocycles. The molecule has 2 rings (SSSR count). The Morgan fingerprint density at radius 3 is 2.18 bits per heavy atom. The SMILES string of the molecule is CC(C)(C)c1ccc(C2=NS(=O)(=O)ON2)cc1. The van der Waals surface area contributed by atoms with Crippen LogP contribution in [0.15, 0.2) is 28.7 Å². The van der Waals surface area contributed by atoms with Gasteiger partial charge in [0.15, 0.2) is 5.84 Å². The number of nitrogens with zero attached hydrogens (tertiary/aromatic N) is 1. The van der Waals surface area contributed by atoms with Gasteiger partial charge in [-0.25, -0.2) is 5.48 Å². The van der Waals surface area contributed by atoms with Crippen LogP contribution in [-0.2, 0) is 20.0 Å². The molecular weight excluding hydrogens is 240 g/mol. The van der Waals surface area contributed by atoms with Crippen LogP contribution < -0.4 is 5.48 Å². The second-order valence-corrected chi connectivity index (χ2v) is 6.09. The van der Waals surface area contributed by atoms with E-state index in [2.05, 4.69) is 34.9 Å². The molecule has 0 amide bonds. The summed E-state index contributed by atoms with van der Waals surface area (Å²) in [7, 11) is -3.81. The van der Waals surface area contributed by atoms with Crippen LogP contribution in [-0.4, -0.2) is 14.3 Å². The lowest BCUT2D eigenvalue weighted by Gasteiger charge is -2.18. The van der Waals surface area contributed by atoms with Crippen LogP contribution in [0.1, 0.15) is 31.9 Å². The minimum Gasteiger partial charge on any atom is -0.228 e. The number of hydrogen-bond donors (Lipinski definition) is 1. The first kappa shape index (κ1) is 12.1. The van der Waals surface area contributed by atoms with Crippen LogP contribution in [0.4, 0.5) is 0 Å². The summed E-state index contributed by atoms with van der Waals surface area (Å²) in [6.45, 7) is 6.34. The van der Waals surface area contributed by atoms with Gasteiger partial charge in [0, 0.05) is 5.56 Å². The summed E-state index contributed by atoms with van der Waals surface area (Å²) in [5, 5.41) is 0. The highest BCUT2D eigenvalue weighted by Gasteiger charge is 2.22. The Labute approximate surface area is 101 Å². The predicted octanol–water partition coefficient (Wildman–Crippen LogP) is 1.51. The molecule has 1 aliphatic rings. The smallest absolute Gasteiger partial charge is 0.228 e. The molecule has 0 saturated heterocycles. The van der Waals surface area contributed by atoms with Gasteiger partial charge in [-0.3, -0.25) is 0 Å². The van der Waals surface area contributed by atoms with Gasteiger partial charge in [0.2, 0.25) is 0 Å². The molecule has 0 aromatic heterocycles. The van der Waals surface area contributed by atoms with E-state index in [-0.39, 0.29) is 11.3 Å². The highest BCUT2D eigenvalue weighted by Crippen LogP contribution is 2.22. The van der Waals surface area contributed by atoms with Crippen molar-refractivity contribution in [3.8, 4) is 0 Å². The van der Waals surface area contributed by atoms with E-state index in [9.17, 15) is 8.42 Å². The van der Waals surface area contributed by atoms with E-state index in [0.29, 0.717) is 5.56 Å². The Balaban J connectivity index is 2.32. The van der Waals surface area contributed by atoms with Gasteiger partial charge in [0.1, 0.15) is 0 Å². The molecule has 0 fully saturated rings. The van der Waals surface area contributed by atoms with Gasteiger partial charge in [0.25, 0.3) is 0 Å². The third-order valence-electron chi connectivity index (χ3n) is 2.47. The average molecular weight is 254 g/mol. The predicted molar refractivity (Wildman–Crippen MR) is 64.8 cm³/mol.